The standard InChI is InChI=1S/C19H28N2O2/c1-13-12-21(14(2)22)9-8-17(13)20-11-16-7-5-6-15-10-19(3,4)23-18(15)16/h5-7,13,17,20H,8-12H2,1-4H3/t13-,17-/m1/s1. The molecule has 4 nitrogen and oxygen atoms in total. The summed E-state index contributed by atoms with van der Waals surface area (Å²) < 4.78 is 6.15. The van der Waals surface area contributed by atoms with Gasteiger partial charge in [-0.25, -0.2) is 0 Å². The average molecular weight is 316 g/mol. The second kappa shape index (κ2) is 6.16. The molecule has 1 N–H and O–H groups in total. The van der Waals surface area contributed by atoms with Crippen LogP contribution in [0.15, 0.2) is 18.2 Å². The number of hydrogen-bond acceptors (Lipinski definition) is 3. The minimum absolute atomic E-state index is 0.0987. The second-order valence-electron chi connectivity index (χ2n) is 7.66. The van der Waals surface area contributed by atoms with Gasteiger partial charge in [-0.05, 0) is 31.7 Å². The largest absolute Gasteiger partial charge is 0.487 e. The number of carbonyl (C=O) groups is 1. The molecule has 126 valence electrons. The zero-order valence-electron chi connectivity index (χ0n) is 14.7. The van der Waals surface area contributed by atoms with Crippen molar-refractivity contribution in [2.24, 2.45) is 5.92 Å². The number of benzene rings is 1. The van der Waals surface area contributed by atoms with Crippen LogP contribution >= 0.6 is 0 Å². The minimum atomic E-state index is -0.0987. The number of para-hydroxylation sites is 1. The number of ether oxygens (including phenoxy) is 1. The number of nitrogens with one attached hydrogen (secondary N) is 1. The summed E-state index contributed by atoms with van der Waals surface area (Å²) in [7, 11) is 0. The van der Waals surface area contributed by atoms with E-state index in [0.717, 1.165) is 38.2 Å². The minimum Gasteiger partial charge on any atom is -0.487 e. The van der Waals surface area contributed by atoms with Crippen molar-refractivity contribution in [3.8, 4) is 5.75 Å². The molecule has 4 heteroatoms. The van der Waals surface area contributed by atoms with Crippen molar-refractivity contribution in [2.45, 2.75) is 58.7 Å². The summed E-state index contributed by atoms with van der Waals surface area (Å²) in [4.78, 5) is 13.5. The van der Waals surface area contributed by atoms with E-state index in [1.807, 2.05) is 4.90 Å². The molecule has 0 radical (unpaired) electrons. The Bertz CT molecular complexity index is 597. The molecule has 3 rings (SSSR count). The summed E-state index contributed by atoms with van der Waals surface area (Å²) >= 11 is 0. The van der Waals surface area contributed by atoms with Gasteiger partial charge in [-0.2, -0.15) is 0 Å². The first kappa shape index (κ1) is 16.3. The van der Waals surface area contributed by atoms with E-state index in [0.29, 0.717) is 12.0 Å². The number of piperidine rings is 1. The zero-order chi connectivity index (χ0) is 16.6. The molecule has 23 heavy (non-hydrogen) atoms. The van der Waals surface area contributed by atoms with Crippen molar-refractivity contribution in [2.75, 3.05) is 13.1 Å². The fourth-order valence-corrected chi connectivity index (χ4v) is 3.79. The first-order valence-corrected chi connectivity index (χ1v) is 8.64. The molecule has 0 spiro atoms. The van der Waals surface area contributed by atoms with E-state index in [9.17, 15) is 4.79 Å². The summed E-state index contributed by atoms with van der Waals surface area (Å²) in [6.07, 6.45) is 1.99. The third-order valence-electron chi connectivity index (χ3n) is 5.08. The lowest BCUT2D eigenvalue weighted by Gasteiger charge is -2.37. The van der Waals surface area contributed by atoms with Gasteiger partial charge in [-0.15, -0.1) is 0 Å². The molecule has 0 aromatic heterocycles. The third kappa shape index (κ3) is 3.52. The molecule has 0 unspecified atom stereocenters. The smallest absolute Gasteiger partial charge is 0.219 e. The number of likely N-dealkylation sites (tertiary alicyclic amines) is 1. The van der Waals surface area contributed by atoms with Crippen LogP contribution in [0.2, 0.25) is 0 Å². The zero-order valence-corrected chi connectivity index (χ0v) is 14.7. The lowest BCUT2D eigenvalue weighted by Crippen LogP contribution is -2.49. The van der Waals surface area contributed by atoms with Crippen LogP contribution in [-0.4, -0.2) is 35.5 Å². The van der Waals surface area contributed by atoms with Crippen LogP contribution in [-0.2, 0) is 17.8 Å². The maximum absolute atomic E-state index is 11.5. The van der Waals surface area contributed by atoms with Gasteiger partial charge in [0.25, 0.3) is 0 Å². The number of rotatable bonds is 3. The molecule has 1 amide bonds. The van der Waals surface area contributed by atoms with E-state index in [-0.39, 0.29) is 11.5 Å². The average Bonchev–Trinajstić information content (AvgIpc) is 2.80. The highest BCUT2D eigenvalue weighted by molar-refractivity contribution is 5.73. The van der Waals surface area contributed by atoms with Gasteiger partial charge in [-0.1, -0.05) is 25.1 Å². The Morgan fingerprint density at radius 1 is 1.43 bits per heavy atom. The topological polar surface area (TPSA) is 41.6 Å². The number of hydrogen-bond donors (Lipinski definition) is 1. The lowest BCUT2D eigenvalue weighted by atomic mass is 9.93. The molecule has 2 heterocycles. The van der Waals surface area contributed by atoms with E-state index in [2.05, 4.69) is 44.3 Å². The Labute approximate surface area is 139 Å². The van der Waals surface area contributed by atoms with Gasteiger partial charge in [0.05, 0.1) is 0 Å². The van der Waals surface area contributed by atoms with E-state index in [1.165, 1.54) is 11.1 Å². The molecule has 2 aliphatic rings. The first-order valence-electron chi connectivity index (χ1n) is 8.64. The van der Waals surface area contributed by atoms with Gasteiger partial charge in [0.15, 0.2) is 0 Å². The quantitative estimate of drug-likeness (QED) is 0.932. The van der Waals surface area contributed by atoms with Crippen LogP contribution in [0.5, 0.6) is 5.75 Å². The third-order valence-corrected chi connectivity index (χ3v) is 5.08. The lowest BCUT2D eigenvalue weighted by molar-refractivity contribution is -0.130. The Morgan fingerprint density at radius 2 is 2.22 bits per heavy atom. The second-order valence-corrected chi connectivity index (χ2v) is 7.66. The van der Waals surface area contributed by atoms with Gasteiger partial charge in [0.1, 0.15) is 11.4 Å². The number of fused-ring (bicyclic) bond motifs is 1. The predicted molar refractivity (Wildman–Crippen MR) is 91.5 cm³/mol. The number of nitrogens with zero attached hydrogens (tertiary/aromatic N) is 1. The molecule has 2 aliphatic heterocycles. The first-order chi connectivity index (χ1) is 10.9. The molecule has 0 aliphatic carbocycles. The van der Waals surface area contributed by atoms with Crippen molar-refractivity contribution in [3.63, 3.8) is 0 Å². The van der Waals surface area contributed by atoms with Gasteiger partial charge < -0.3 is 15.0 Å². The number of carbonyl (C=O) groups excluding carboxylic acids is 1. The van der Waals surface area contributed by atoms with E-state index >= 15 is 0 Å². The van der Waals surface area contributed by atoms with Crippen LogP contribution in [0.3, 0.4) is 0 Å². The van der Waals surface area contributed by atoms with Crippen LogP contribution in [0.4, 0.5) is 0 Å². The SMILES string of the molecule is CC(=O)N1CC[C@@H](NCc2cccc3c2OC(C)(C)C3)[C@H](C)C1. The van der Waals surface area contributed by atoms with Crippen LogP contribution < -0.4 is 10.1 Å². The molecular weight excluding hydrogens is 288 g/mol. The Morgan fingerprint density at radius 3 is 2.91 bits per heavy atom. The Balaban J connectivity index is 1.62. The van der Waals surface area contributed by atoms with Gasteiger partial charge in [-0.3, -0.25) is 4.79 Å². The highest BCUT2D eigenvalue weighted by atomic mass is 16.5. The Kier molecular flexibility index (Phi) is 4.37. The van der Waals surface area contributed by atoms with E-state index < -0.39 is 0 Å². The molecule has 1 saturated heterocycles. The van der Waals surface area contributed by atoms with Crippen molar-refractivity contribution in [1.82, 2.24) is 10.2 Å². The molecular formula is C19H28N2O2. The monoisotopic (exact) mass is 316 g/mol. The van der Waals surface area contributed by atoms with Crippen molar-refractivity contribution >= 4 is 5.91 Å². The summed E-state index contributed by atoms with van der Waals surface area (Å²) in [6.45, 7) is 10.7. The molecule has 1 aromatic rings. The van der Waals surface area contributed by atoms with Gasteiger partial charge in [0.2, 0.25) is 5.91 Å². The maximum atomic E-state index is 11.5. The van der Waals surface area contributed by atoms with E-state index in [1.54, 1.807) is 6.92 Å². The molecule has 0 saturated carbocycles. The summed E-state index contributed by atoms with van der Waals surface area (Å²) in [5.41, 5.74) is 2.46. The van der Waals surface area contributed by atoms with Crippen LogP contribution in [0.1, 0.15) is 45.2 Å². The van der Waals surface area contributed by atoms with Gasteiger partial charge >= 0.3 is 0 Å². The maximum Gasteiger partial charge on any atom is 0.219 e. The predicted octanol–water partition coefficient (Wildman–Crippen LogP) is 2.75. The molecule has 1 fully saturated rings. The normalized spacial score (nSPS) is 25.8. The highest BCUT2D eigenvalue weighted by Gasteiger charge is 2.32. The fourth-order valence-electron chi connectivity index (χ4n) is 3.79. The molecule has 1 aromatic carbocycles. The number of amides is 1. The Hall–Kier alpha value is -1.55. The molecule has 2 atom stereocenters. The van der Waals surface area contributed by atoms with Crippen molar-refractivity contribution in [1.29, 1.82) is 0 Å². The van der Waals surface area contributed by atoms with Crippen molar-refractivity contribution in [3.05, 3.63) is 29.3 Å². The van der Waals surface area contributed by atoms with Crippen molar-refractivity contribution < 1.29 is 9.53 Å². The van der Waals surface area contributed by atoms with E-state index in [4.69, 9.17) is 4.74 Å². The van der Waals surface area contributed by atoms with Crippen LogP contribution in [0.25, 0.3) is 0 Å². The highest BCUT2D eigenvalue weighted by Crippen LogP contribution is 2.37. The molecule has 0 bridgehead atoms. The summed E-state index contributed by atoms with van der Waals surface area (Å²) in [6, 6.07) is 6.91. The fraction of sp³-hybridized carbons (Fsp3) is 0.632. The summed E-state index contributed by atoms with van der Waals surface area (Å²) in [5.74, 6) is 1.73. The summed E-state index contributed by atoms with van der Waals surface area (Å²) in [5, 5.41) is 3.69. The van der Waals surface area contributed by atoms with Gasteiger partial charge in [0, 0.05) is 44.6 Å². The van der Waals surface area contributed by atoms with Crippen LogP contribution in [0, 0.1) is 5.92 Å².